The molecule has 2 fully saturated rings. The Morgan fingerprint density at radius 1 is 1.07 bits per heavy atom. The van der Waals surface area contributed by atoms with Crippen molar-refractivity contribution in [2.45, 2.75) is 0 Å². The maximum absolute atomic E-state index is 10.3. The lowest BCUT2D eigenvalue weighted by Crippen LogP contribution is -2.34. The van der Waals surface area contributed by atoms with Crippen LogP contribution in [0.3, 0.4) is 0 Å². The molecule has 0 radical (unpaired) electrons. The van der Waals surface area contributed by atoms with E-state index in [0.29, 0.717) is 5.92 Å². The Morgan fingerprint density at radius 2 is 1.57 bits per heavy atom. The van der Waals surface area contributed by atoms with Crippen molar-refractivity contribution in [3.8, 4) is 12.1 Å². The van der Waals surface area contributed by atoms with Crippen molar-refractivity contribution in [3.63, 3.8) is 0 Å². The second-order valence-electron chi connectivity index (χ2n) is 3.27. The summed E-state index contributed by atoms with van der Waals surface area (Å²) < 4.78 is 20.6. The third-order valence-electron chi connectivity index (χ3n) is 1.91. The smallest absolute Gasteiger partial charge is 0.152 e. The molecule has 0 aliphatic carbocycles. The molecule has 14 heavy (non-hydrogen) atoms. The first kappa shape index (κ1) is 11.4. The van der Waals surface area contributed by atoms with Gasteiger partial charge in [-0.05, 0) is 0 Å². The predicted molar refractivity (Wildman–Crippen MR) is 54.2 cm³/mol. The quantitative estimate of drug-likeness (QED) is 0.602. The van der Waals surface area contributed by atoms with Gasteiger partial charge in [-0.15, -0.1) is 0 Å². The van der Waals surface area contributed by atoms with Crippen LogP contribution in [-0.4, -0.2) is 31.4 Å². The molecule has 0 N–H and O–H groups in total. The average Bonchev–Trinajstić information content (AvgIpc) is 1.99. The van der Waals surface area contributed by atoms with Crippen LogP contribution in [0.25, 0.3) is 0 Å². The first-order chi connectivity index (χ1) is 6.57. The molecular weight excluding hydrogens is 220 g/mol. The molecule has 0 aromatic rings. The van der Waals surface area contributed by atoms with Gasteiger partial charge in [0.05, 0.1) is 35.5 Å². The topological polar surface area (TPSA) is 81.7 Å². The van der Waals surface area contributed by atoms with E-state index in [4.69, 9.17) is 10.5 Å². The Balaban J connectivity index is 0.000000146. The molecule has 2 aliphatic heterocycles. The van der Waals surface area contributed by atoms with Gasteiger partial charge in [0.1, 0.15) is 0 Å². The molecule has 6 heteroatoms. The zero-order valence-corrected chi connectivity index (χ0v) is 9.14. The third-order valence-corrected chi connectivity index (χ3v) is 5.01. The molecule has 0 amide bonds. The van der Waals surface area contributed by atoms with Gasteiger partial charge in [-0.2, -0.15) is 22.3 Å². The van der Waals surface area contributed by atoms with Gasteiger partial charge in [0.25, 0.3) is 0 Å². The molecule has 0 aromatic heterocycles. The summed E-state index contributed by atoms with van der Waals surface area (Å²) in [5.41, 5.74) is 0. The standard InChI is InChI=1S/C4H5NO2S.C4H5NS/c5-1-4-2-8(6,7)3-4;5-1-4-2-6-3-4/h4H,2-3H2;4H,2-3H2. The zero-order valence-electron chi connectivity index (χ0n) is 7.51. The lowest BCUT2D eigenvalue weighted by atomic mass is 10.2. The van der Waals surface area contributed by atoms with Crippen molar-refractivity contribution in [1.29, 1.82) is 10.5 Å². The number of rotatable bonds is 0. The second kappa shape index (κ2) is 4.68. The van der Waals surface area contributed by atoms with Gasteiger partial charge in [-0.25, -0.2) is 8.42 Å². The molecule has 0 spiro atoms. The average molecular weight is 230 g/mol. The van der Waals surface area contributed by atoms with E-state index in [1.807, 2.05) is 17.8 Å². The third kappa shape index (κ3) is 3.21. The van der Waals surface area contributed by atoms with Gasteiger partial charge in [0.15, 0.2) is 9.84 Å². The Kier molecular flexibility index (Phi) is 3.79. The van der Waals surface area contributed by atoms with Gasteiger partial charge in [0.2, 0.25) is 0 Å². The fraction of sp³-hybridized carbons (Fsp3) is 0.750. The van der Waals surface area contributed by atoms with Gasteiger partial charge in [-0.3, -0.25) is 0 Å². The van der Waals surface area contributed by atoms with Crippen LogP contribution in [0.1, 0.15) is 0 Å². The zero-order chi connectivity index (χ0) is 10.6. The van der Waals surface area contributed by atoms with Crippen molar-refractivity contribution in [3.05, 3.63) is 0 Å². The SMILES string of the molecule is N#CC1CS(=O)(=O)C1.N#CC1CSC1. The van der Waals surface area contributed by atoms with Gasteiger partial charge in [-0.1, -0.05) is 0 Å². The minimum Gasteiger partial charge on any atom is -0.229 e. The van der Waals surface area contributed by atoms with Crippen molar-refractivity contribution in [2.24, 2.45) is 11.8 Å². The number of thioether (sulfide) groups is 1. The molecule has 76 valence electrons. The lowest BCUT2D eigenvalue weighted by molar-refractivity contribution is 0.561. The second-order valence-corrected chi connectivity index (χ2v) is 6.50. The summed E-state index contributed by atoms with van der Waals surface area (Å²) >= 11 is 1.85. The van der Waals surface area contributed by atoms with E-state index in [0.717, 1.165) is 11.5 Å². The number of nitriles is 2. The highest BCUT2D eigenvalue weighted by atomic mass is 32.2. The summed E-state index contributed by atoms with van der Waals surface area (Å²) in [6, 6.07) is 4.06. The van der Waals surface area contributed by atoms with E-state index in [1.54, 1.807) is 0 Å². The van der Waals surface area contributed by atoms with Gasteiger partial charge < -0.3 is 0 Å². The first-order valence-electron chi connectivity index (χ1n) is 4.15. The van der Waals surface area contributed by atoms with Crippen molar-refractivity contribution in [2.75, 3.05) is 23.0 Å². The lowest BCUT2D eigenvalue weighted by Gasteiger charge is -2.17. The van der Waals surface area contributed by atoms with Gasteiger partial charge in [0, 0.05) is 11.5 Å². The maximum Gasteiger partial charge on any atom is 0.152 e. The van der Waals surface area contributed by atoms with Crippen LogP contribution in [0.5, 0.6) is 0 Å². The van der Waals surface area contributed by atoms with Crippen LogP contribution in [-0.2, 0) is 9.84 Å². The Hall–Kier alpha value is -0.720. The van der Waals surface area contributed by atoms with E-state index in [1.165, 1.54) is 0 Å². The summed E-state index contributed by atoms with van der Waals surface area (Å²) in [4.78, 5) is 0. The van der Waals surface area contributed by atoms with E-state index in [2.05, 4.69) is 6.07 Å². The number of hydrogen-bond acceptors (Lipinski definition) is 5. The van der Waals surface area contributed by atoms with E-state index in [-0.39, 0.29) is 17.4 Å². The molecule has 0 bridgehead atoms. The molecule has 0 atom stereocenters. The van der Waals surface area contributed by atoms with Gasteiger partial charge >= 0.3 is 0 Å². The normalized spacial score (nSPS) is 24.1. The maximum atomic E-state index is 10.3. The van der Waals surface area contributed by atoms with E-state index >= 15 is 0 Å². The largest absolute Gasteiger partial charge is 0.229 e. The molecule has 4 nitrogen and oxygen atoms in total. The fourth-order valence-electron chi connectivity index (χ4n) is 0.949. The van der Waals surface area contributed by atoms with Crippen LogP contribution in [0.15, 0.2) is 0 Å². The molecule has 2 aliphatic rings. The highest BCUT2D eigenvalue weighted by Gasteiger charge is 2.32. The van der Waals surface area contributed by atoms with E-state index < -0.39 is 9.84 Å². The van der Waals surface area contributed by atoms with Crippen molar-refractivity contribution >= 4 is 21.6 Å². The minimum atomic E-state index is -2.77. The number of hydrogen-bond donors (Lipinski definition) is 0. The summed E-state index contributed by atoms with van der Waals surface area (Å²) in [5.74, 6) is 2.44. The van der Waals surface area contributed by atoms with Crippen LogP contribution >= 0.6 is 11.8 Å². The molecule has 2 saturated heterocycles. The Morgan fingerprint density at radius 3 is 1.64 bits per heavy atom. The molecule has 0 aromatic carbocycles. The Bertz CT molecular complexity index is 361. The Labute approximate surface area is 87.8 Å². The molecule has 2 rings (SSSR count). The monoisotopic (exact) mass is 230 g/mol. The fourth-order valence-corrected chi connectivity index (χ4v) is 2.85. The van der Waals surface area contributed by atoms with Crippen molar-refractivity contribution < 1.29 is 8.42 Å². The molecule has 0 unspecified atom stereocenters. The van der Waals surface area contributed by atoms with Crippen LogP contribution in [0.2, 0.25) is 0 Å². The summed E-state index contributed by atoms with van der Waals surface area (Å²) in [7, 11) is -2.77. The minimum absolute atomic E-state index is 0.0729. The molecular formula is C8H10N2O2S2. The first-order valence-corrected chi connectivity index (χ1v) is 7.12. The molecule has 2 heterocycles. The summed E-state index contributed by atoms with van der Waals surface area (Å²) in [6.45, 7) is 0. The van der Waals surface area contributed by atoms with E-state index in [9.17, 15) is 8.42 Å². The highest BCUT2D eigenvalue weighted by molar-refractivity contribution is 8.00. The van der Waals surface area contributed by atoms with Crippen LogP contribution < -0.4 is 0 Å². The van der Waals surface area contributed by atoms with Crippen LogP contribution in [0.4, 0.5) is 0 Å². The predicted octanol–water partition coefficient (Wildman–Crippen LogP) is 0.428. The summed E-state index contributed by atoms with van der Waals surface area (Å²) in [5, 5.41) is 16.2. The van der Waals surface area contributed by atoms with Crippen molar-refractivity contribution in [1.82, 2.24) is 0 Å². The molecule has 0 saturated carbocycles. The number of sulfone groups is 1. The highest BCUT2D eigenvalue weighted by Crippen LogP contribution is 2.22. The van der Waals surface area contributed by atoms with Crippen LogP contribution in [0, 0.1) is 34.5 Å². The number of nitrogens with zero attached hydrogens (tertiary/aromatic N) is 2. The summed E-state index contributed by atoms with van der Waals surface area (Å²) in [6.07, 6.45) is 0.